The lowest BCUT2D eigenvalue weighted by Gasteiger charge is -2.36. The molecule has 1 unspecified atom stereocenters. The van der Waals surface area contributed by atoms with Crippen LogP contribution in [0.1, 0.15) is 73.4 Å². The Balaban J connectivity index is 1.46. The van der Waals surface area contributed by atoms with Crippen LogP contribution in [0.5, 0.6) is 0 Å². The van der Waals surface area contributed by atoms with Crippen molar-refractivity contribution in [2.75, 3.05) is 20.2 Å². The van der Waals surface area contributed by atoms with E-state index in [1.165, 1.54) is 67.0 Å². The molecule has 6 rings (SSSR count). The fourth-order valence-electron chi connectivity index (χ4n) is 7.09. The minimum absolute atomic E-state index is 0.0177. The third-order valence-corrected chi connectivity index (χ3v) is 8.71. The van der Waals surface area contributed by atoms with Gasteiger partial charge in [0.15, 0.2) is 0 Å². The van der Waals surface area contributed by atoms with Gasteiger partial charge >= 0.3 is 12.0 Å². The number of nitrogens with zero attached hydrogens (tertiary/aromatic N) is 2. The Hall–Kier alpha value is -3.32. The first-order valence-corrected chi connectivity index (χ1v) is 14.5. The molecule has 1 saturated carbocycles. The Labute approximate surface area is 230 Å². The van der Waals surface area contributed by atoms with Crippen LogP contribution in [0.3, 0.4) is 0 Å². The van der Waals surface area contributed by atoms with Crippen molar-refractivity contribution < 1.29 is 19.1 Å². The molecule has 2 fully saturated rings. The van der Waals surface area contributed by atoms with Crippen LogP contribution >= 0.6 is 0 Å². The van der Waals surface area contributed by atoms with Crippen molar-refractivity contribution in [2.24, 2.45) is 0 Å². The van der Waals surface area contributed by atoms with Crippen molar-refractivity contribution in [3.63, 3.8) is 0 Å². The van der Waals surface area contributed by atoms with Crippen molar-refractivity contribution in [3.05, 3.63) is 59.2 Å². The highest BCUT2D eigenvalue weighted by Gasteiger charge is 2.33. The zero-order valence-corrected chi connectivity index (χ0v) is 23.2. The van der Waals surface area contributed by atoms with Gasteiger partial charge in [-0.3, -0.25) is 0 Å². The molecule has 39 heavy (non-hydrogen) atoms. The number of ether oxygens (including phenoxy) is 2. The summed E-state index contributed by atoms with van der Waals surface area (Å²) in [7, 11) is 1.42. The second-order valence-corrected chi connectivity index (χ2v) is 11.6. The first kappa shape index (κ1) is 25.9. The van der Waals surface area contributed by atoms with Crippen LogP contribution in [0.2, 0.25) is 0 Å². The lowest BCUT2D eigenvalue weighted by Crippen LogP contribution is -2.54. The van der Waals surface area contributed by atoms with Gasteiger partial charge in [0, 0.05) is 36.1 Å². The van der Waals surface area contributed by atoms with E-state index in [9.17, 15) is 9.59 Å². The summed E-state index contributed by atoms with van der Waals surface area (Å²) in [5.74, 6) is 0.151. The maximum Gasteiger partial charge on any atom is 0.337 e. The Morgan fingerprint density at radius 1 is 0.974 bits per heavy atom. The van der Waals surface area contributed by atoms with Crippen LogP contribution in [0.15, 0.2) is 42.5 Å². The molecule has 3 aromatic rings. The lowest BCUT2D eigenvalue weighted by atomic mass is 9.81. The lowest BCUT2D eigenvalue weighted by molar-refractivity contribution is -0.0548. The van der Waals surface area contributed by atoms with Gasteiger partial charge in [0.05, 0.1) is 36.6 Å². The standard InChI is InChI=1S/C32H39N3O4/c1-20-17-34(18-21(2)39-20)32(37)33-25-15-23-11-7-8-12-26(23)30-29(22-9-5-4-6-10-22)27-14-13-24(31(36)38-3)16-28(27)35(30)19-25/h7-8,11-14,16,20-22,25H,4-6,9-10,15,17-19H2,1-3H3,(H,33,37)/t20-,21+,25?. The third kappa shape index (κ3) is 4.93. The number of carbonyl (C=O) groups is 2. The number of aromatic nitrogens is 1. The minimum atomic E-state index is -0.332. The Morgan fingerprint density at radius 3 is 2.46 bits per heavy atom. The molecule has 0 radical (unpaired) electrons. The van der Waals surface area contributed by atoms with Gasteiger partial charge in [0.25, 0.3) is 0 Å². The number of carbonyl (C=O) groups excluding carboxylic acids is 2. The van der Waals surface area contributed by atoms with Gasteiger partial charge in [-0.15, -0.1) is 0 Å². The molecule has 3 atom stereocenters. The van der Waals surface area contributed by atoms with Gasteiger partial charge in [-0.2, -0.15) is 0 Å². The van der Waals surface area contributed by atoms with Crippen LogP contribution in [0.25, 0.3) is 22.2 Å². The highest BCUT2D eigenvalue weighted by Crippen LogP contribution is 2.46. The molecule has 2 amide bonds. The molecular formula is C32H39N3O4. The van der Waals surface area contributed by atoms with Crippen molar-refractivity contribution >= 4 is 22.9 Å². The molecule has 3 aliphatic rings. The smallest absolute Gasteiger partial charge is 0.337 e. The van der Waals surface area contributed by atoms with Crippen LogP contribution in [-0.4, -0.2) is 59.9 Å². The van der Waals surface area contributed by atoms with E-state index in [1.807, 2.05) is 30.9 Å². The van der Waals surface area contributed by atoms with E-state index in [1.54, 1.807) is 0 Å². The predicted molar refractivity (Wildman–Crippen MR) is 152 cm³/mol. The van der Waals surface area contributed by atoms with Gasteiger partial charge in [0.1, 0.15) is 0 Å². The summed E-state index contributed by atoms with van der Waals surface area (Å²) in [5, 5.41) is 4.58. The highest BCUT2D eigenvalue weighted by atomic mass is 16.5. The number of rotatable bonds is 3. The van der Waals surface area contributed by atoms with Gasteiger partial charge in [-0.05, 0) is 62.3 Å². The van der Waals surface area contributed by atoms with Gasteiger partial charge < -0.3 is 24.3 Å². The number of methoxy groups -OCH3 is 1. The largest absolute Gasteiger partial charge is 0.465 e. The van der Waals surface area contributed by atoms with Crippen LogP contribution in [-0.2, 0) is 22.4 Å². The number of benzene rings is 2. The number of nitrogens with one attached hydrogen (secondary N) is 1. The first-order valence-electron chi connectivity index (χ1n) is 14.5. The number of urea groups is 1. The first-order chi connectivity index (χ1) is 18.9. The fraction of sp³-hybridized carbons (Fsp3) is 0.500. The second-order valence-electron chi connectivity index (χ2n) is 11.6. The molecule has 1 saturated heterocycles. The molecule has 1 N–H and O–H groups in total. The van der Waals surface area contributed by atoms with E-state index in [2.05, 4.69) is 40.2 Å². The maximum absolute atomic E-state index is 13.5. The summed E-state index contributed by atoms with van der Waals surface area (Å²) in [6.07, 6.45) is 6.93. The van der Waals surface area contributed by atoms with Crippen LogP contribution in [0, 0.1) is 0 Å². The van der Waals surface area contributed by atoms with E-state index in [4.69, 9.17) is 9.47 Å². The number of hydrogen-bond donors (Lipinski definition) is 1. The van der Waals surface area contributed by atoms with Gasteiger partial charge in [0.2, 0.25) is 0 Å². The molecule has 206 valence electrons. The monoisotopic (exact) mass is 529 g/mol. The highest BCUT2D eigenvalue weighted by molar-refractivity contribution is 5.99. The summed E-state index contributed by atoms with van der Waals surface area (Å²) in [4.78, 5) is 27.9. The Morgan fingerprint density at radius 2 is 1.72 bits per heavy atom. The molecule has 0 bridgehead atoms. The molecule has 3 heterocycles. The molecule has 7 heteroatoms. The van der Waals surface area contributed by atoms with Crippen molar-refractivity contribution in [3.8, 4) is 11.3 Å². The molecule has 2 aromatic carbocycles. The second kappa shape index (κ2) is 10.7. The zero-order chi connectivity index (χ0) is 27.1. The summed E-state index contributed by atoms with van der Waals surface area (Å²) >= 11 is 0. The SMILES string of the molecule is COC(=O)c1ccc2c(C3CCCCC3)c3n(c2c1)CC(NC(=O)N1C[C@@H](C)O[C@@H](C)C1)Cc1ccccc1-3. The van der Waals surface area contributed by atoms with Gasteiger partial charge in [-0.25, -0.2) is 9.59 Å². The molecule has 7 nitrogen and oxygen atoms in total. The van der Waals surface area contributed by atoms with E-state index >= 15 is 0 Å². The van der Waals surface area contributed by atoms with Crippen molar-refractivity contribution in [1.29, 1.82) is 0 Å². The van der Waals surface area contributed by atoms with Crippen LogP contribution in [0.4, 0.5) is 4.79 Å². The summed E-state index contributed by atoms with van der Waals surface area (Å²) in [6, 6.07) is 14.5. The fourth-order valence-corrected chi connectivity index (χ4v) is 7.09. The summed E-state index contributed by atoms with van der Waals surface area (Å²) < 4.78 is 13.3. The topological polar surface area (TPSA) is 72.8 Å². The zero-order valence-electron chi connectivity index (χ0n) is 23.2. The maximum atomic E-state index is 13.5. The third-order valence-electron chi connectivity index (χ3n) is 8.71. The Kier molecular flexibility index (Phi) is 7.10. The van der Waals surface area contributed by atoms with E-state index < -0.39 is 0 Å². The molecule has 1 aliphatic carbocycles. The number of fused-ring (bicyclic) bond motifs is 5. The van der Waals surface area contributed by atoms with E-state index in [0.717, 1.165) is 11.9 Å². The van der Waals surface area contributed by atoms with E-state index in [0.29, 0.717) is 31.1 Å². The van der Waals surface area contributed by atoms with Crippen molar-refractivity contribution in [2.45, 2.75) is 83.1 Å². The van der Waals surface area contributed by atoms with Crippen LogP contribution < -0.4 is 5.32 Å². The Bertz CT molecular complexity index is 1380. The number of esters is 1. The number of morpholine rings is 1. The number of amides is 2. The summed E-state index contributed by atoms with van der Waals surface area (Å²) in [5.41, 5.74) is 6.72. The molecule has 2 aliphatic heterocycles. The molecule has 0 spiro atoms. The average molecular weight is 530 g/mol. The number of hydrogen-bond acceptors (Lipinski definition) is 4. The average Bonchev–Trinajstić information content (AvgIpc) is 3.16. The normalized spacial score (nSPS) is 23.6. The predicted octanol–water partition coefficient (Wildman–Crippen LogP) is 5.89. The molecule has 1 aromatic heterocycles. The quantitative estimate of drug-likeness (QED) is 0.430. The molecular weight excluding hydrogens is 490 g/mol. The van der Waals surface area contributed by atoms with E-state index in [-0.39, 0.29) is 30.3 Å². The minimum Gasteiger partial charge on any atom is -0.465 e. The van der Waals surface area contributed by atoms with Gasteiger partial charge in [-0.1, -0.05) is 49.6 Å². The summed E-state index contributed by atoms with van der Waals surface area (Å²) in [6.45, 7) is 5.85. The van der Waals surface area contributed by atoms with Crippen molar-refractivity contribution in [1.82, 2.24) is 14.8 Å².